The van der Waals surface area contributed by atoms with Gasteiger partial charge in [-0.05, 0) is 37.3 Å². The molecule has 1 fully saturated rings. The van der Waals surface area contributed by atoms with Crippen LogP contribution in [0, 0.1) is 0 Å². The minimum Gasteiger partial charge on any atom is -0.329 e. The largest absolute Gasteiger partial charge is 0.329 e. The zero-order valence-electron chi connectivity index (χ0n) is 13.1. The molecule has 0 spiro atoms. The van der Waals surface area contributed by atoms with E-state index in [4.69, 9.17) is 0 Å². The van der Waals surface area contributed by atoms with Gasteiger partial charge in [0.25, 0.3) is 0 Å². The number of nitrogens with zero attached hydrogens (tertiary/aromatic N) is 1. The number of thiophene rings is 1. The predicted molar refractivity (Wildman–Crippen MR) is 93.5 cm³/mol. The monoisotopic (exact) mass is 325 g/mol. The molecule has 2 aromatic rings. The van der Waals surface area contributed by atoms with Crippen LogP contribution in [0.2, 0.25) is 0 Å². The maximum absolute atomic E-state index is 12.7. The first kappa shape index (κ1) is 15.7. The standard InChI is InChI=1S/C19H19NO2S/c1-14(13-16-9-6-12-23-16)19(22)20-11-5-10-17(20)18(21)15-7-3-2-4-8-15/h2-4,6-9,12-13,17H,5,10-11H2,1H3/b14-13+. The van der Waals surface area contributed by atoms with Gasteiger partial charge < -0.3 is 4.90 Å². The Morgan fingerprint density at radius 2 is 1.96 bits per heavy atom. The summed E-state index contributed by atoms with van der Waals surface area (Å²) in [7, 11) is 0. The van der Waals surface area contributed by atoms with Gasteiger partial charge in [-0.1, -0.05) is 36.4 Å². The fraction of sp³-hybridized carbons (Fsp3) is 0.263. The summed E-state index contributed by atoms with van der Waals surface area (Å²) in [4.78, 5) is 28.2. The van der Waals surface area contributed by atoms with E-state index in [2.05, 4.69) is 0 Å². The third kappa shape index (κ3) is 3.42. The number of hydrogen-bond donors (Lipinski definition) is 0. The van der Waals surface area contributed by atoms with E-state index >= 15 is 0 Å². The molecule has 2 heterocycles. The zero-order valence-corrected chi connectivity index (χ0v) is 13.9. The van der Waals surface area contributed by atoms with Crippen LogP contribution in [0.1, 0.15) is 35.0 Å². The third-order valence-corrected chi connectivity index (χ3v) is 4.93. The molecule has 1 saturated heterocycles. The van der Waals surface area contributed by atoms with Crippen molar-refractivity contribution >= 4 is 29.1 Å². The lowest BCUT2D eigenvalue weighted by molar-refractivity contribution is -0.127. The summed E-state index contributed by atoms with van der Waals surface area (Å²) in [6.45, 7) is 2.47. The summed E-state index contributed by atoms with van der Waals surface area (Å²) in [6.07, 6.45) is 3.52. The normalized spacial score (nSPS) is 18.2. The highest BCUT2D eigenvalue weighted by molar-refractivity contribution is 7.10. The molecular weight excluding hydrogens is 306 g/mol. The Morgan fingerprint density at radius 3 is 2.65 bits per heavy atom. The van der Waals surface area contributed by atoms with Crippen LogP contribution in [0.15, 0.2) is 53.4 Å². The summed E-state index contributed by atoms with van der Waals surface area (Å²) in [6, 6.07) is 12.9. The number of carbonyl (C=O) groups excluding carboxylic acids is 2. The fourth-order valence-electron chi connectivity index (χ4n) is 2.95. The molecule has 118 valence electrons. The highest BCUT2D eigenvalue weighted by atomic mass is 32.1. The molecule has 23 heavy (non-hydrogen) atoms. The molecular formula is C19H19NO2S. The van der Waals surface area contributed by atoms with E-state index in [0.29, 0.717) is 17.7 Å². The van der Waals surface area contributed by atoms with Crippen molar-refractivity contribution in [3.05, 3.63) is 63.9 Å². The van der Waals surface area contributed by atoms with Crippen molar-refractivity contribution in [1.82, 2.24) is 4.90 Å². The van der Waals surface area contributed by atoms with Gasteiger partial charge in [0.2, 0.25) is 5.91 Å². The van der Waals surface area contributed by atoms with Gasteiger partial charge >= 0.3 is 0 Å². The Kier molecular flexibility index (Phi) is 4.72. The van der Waals surface area contributed by atoms with Crippen LogP contribution in [0.5, 0.6) is 0 Å². The number of likely N-dealkylation sites (tertiary alicyclic amines) is 1. The summed E-state index contributed by atoms with van der Waals surface area (Å²) in [5.41, 5.74) is 1.36. The predicted octanol–water partition coefficient (Wildman–Crippen LogP) is 4.03. The van der Waals surface area contributed by atoms with Crippen LogP contribution in [0.25, 0.3) is 6.08 Å². The van der Waals surface area contributed by atoms with E-state index in [0.717, 1.165) is 17.7 Å². The molecule has 1 amide bonds. The summed E-state index contributed by atoms with van der Waals surface area (Å²) in [5.74, 6) is 0.00514. The topological polar surface area (TPSA) is 37.4 Å². The van der Waals surface area contributed by atoms with Crippen molar-refractivity contribution in [2.75, 3.05) is 6.54 Å². The van der Waals surface area contributed by atoms with Crippen LogP contribution in [-0.2, 0) is 4.79 Å². The van der Waals surface area contributed by atoms with Crippen LogP contribution >= 0.6 is 11.3 Å². The maximum atomic E-state index is 12.7. The van der Waals surface area contributed by atoms with Gasteiger partial charge in [-0.25, -0.2) is 0 Å². The van der Waals surface area contributed by atoms with Crippen molar-refractivity contribution in [2.24, 2.45) is 0 Å². The quantitative estimate of drug-likeness (QED) is 0.629. The smallest absolute Gasteiger partial charge is 0.250 e. The molecule has 0 bridgehead atoms. The molecule has 0 N–H and O–H groups in total. The molecule has 1 unspecified atom stereocenters. The summed E-state index contributed by atoms with van der Waals surface area (Å²) < 4.78 is 0. The highest BCUT2D eigenvalue weighted by Crippen LogP contribution is 2.24. The molecule has 1 aliphatic rings. The molecule has 3 nitrogen and oxygen atoms in total. The second kappa shape index (κ2) is 6.92. The third-order valence-electron chi connectivity index (χ3n) is 4.11. The number of benzene rings is 1. The van der Waals surface area contributed by atoms with Crippen LogP contribution in [0.3, 0.4) is 0 Å². The number of carbonyl (C=O) groups is 2. The van der Waals surface area contributed by atoms with Gasteiger partial charge in [0.05, 0.1) is 6.04 Å². The SMILES string of the molecule is C/C(=C\c1cccs1)C(=O)N1CCCC1C(=O)c1ccccc1. The number of amides is 1. The highest BCUT2D eigenvalue weighted by Gasteiger charge is 2.34. The first-order valence-electron chi connectivity index (χ1n) is 7.79. The Labute approximate surface area is 140 Å². The molecule has 4 heteroatoms. The molecule has 1 aromatic carbocycles. The number of ketones is 1. The van der Waals surface area contributed by atoms with E-state index in [1.54, 1.807) is 16.2 Å². The van der Waals surface area contributed by atoms with E-state index < -0.39 is 0 Å². The van der Waals surface area contributed by atoms with Gasteiger partial charge in [0.1, 0.15) is 0 Å². The average molecular weight is 325 g/mol. The number of hydrogen-bond acceptors (Lipinski definition) is 3. The molecule has 0 saturated carbocycles. The summed E-state index contributed by atoms with van der Waals surface area (Å²) >= 11 is 1.60. The number of rotatable bonds is 4. The minimum atomic E-state index is -0.336. The lowest BCUT2D eigenvalue weighted by Crippen LogP contribution is -2.40. The Bertz CT molecular complexity index is 719. The average Bonchev–Trinajstić information content (AvgIpc) is 3.25. The fourth-order valence-corrected chi connectivity index (χ4v) is 3.67. The zero-order chi connectivity index (χ0) is 16.2. The lowest BCUT2D eigenvalue weighted by atomic mass is 10.0. The first-order valence-corrected chi connectivity index (χ1v) is 8.67. The van der Waals surface area contributed by atoms with Gasteiger partial charge in [-0.2, -0.15) is 0 Å². The second-order valence-electron chi connectivity index (χ2n) is 5.73. The first-order chi connectivity index (χ1) is 11.2. The summed E-state index contributed by atoms with van der Waals surface area (Å²) in [5, 5.41) is 1.99. The van der Waals surface area contributed by atoms with Crippen LogP contribution < -0.4 is 0 Å². The van der Waals surface area contributed by atoms with E-state index in [1.807, 2.05) is 60.8 Å². The van der Waals surface area contributed by atoms with E-state index in [9.17, 15) is 9.59 Å². The second-order valence-corrected chi connectivity index (χ2v) is 6.71. The van der Waals surface area contributed by atoms with E-state index in [-0.39, 0.29) is 17.7 Å². The van der Waals surface area contributed by atoms with Crippen LogP contribution in [-0.4, -0.2) is 29.2 Å². The Hall–Kier alpha value is -2.20. The Morgan fingerprint density at radius 1 is 1.17 bits per heavy atom. The van der Waals surface area contributed by atoms with Gasteiger partial charge in [0.15, 0.2) is 5.78 Å². The molecule has 0 radical (unpaired) electrons. The van der Waals surface area contributed by atoms with E-state index in [1.165, 1.54) is 0 Å². The maximum Gasteiger partial charge on any atom is 0.250 e. The molecule has 3 rings (SSSR count). The number of Topliss-reactive ketones (excluding diaryl/α,β-unsaturated/α-hetero) is 1. The van der Waals surface area contributed by atoms with Crippen molar-refractivity contribution in [3.63, 3.8) is 0 Å². The van der Waals surface area contributed by atoms with Crippen molar-refractivity contribution in [1.29, 1.82) is 0 Å². The van der Waals surface area contributed by atoms with Gasteiger partial charge in [-0.3, -0.25) is 9.59 Å². The van der Waals surface area contributed by atoms with Gasteiger partial charge in [0, 0.05) is 22.6 Å². The molecule has 1 aliphatic heterocycles. The van der Waals surface area contributed by atoms with Crippen molar-refractivity contribution in [2.45, 2.75) is 25.8 Å². The molecule has 1 atom stereocenters. The van der Waals surface area contributed by atoms with Crippen molar-refractivity contribution in [3.8, 4) is 0 Å². The van der Waals surface area contributed by atoms with Crippen LogP contribution in [0.4, 0.5) is 0 Å². The molecule has 0 aliphatic carbocycles. The van der Waals surface area contributed by atoms with Gasteiger partial charge in [-0.15, -0.1) is 11.3 Å². The van der Waals surface area contributed by atoms with Crippen molar-refractivity contribution < 1.29 is 9.59 Å². The molecule has 1 aromatic heterocycles. The minimum absolute atomic E-state index is 0.0369. The lowest BCUT2D eigenvalue weighted by Gasteiger charge is -2.24. The Balaban J connectivity index is 1.79.